The third-order valence-electron chi connectivity index (χ3n) is 5.03. The molecule has 33 heavy (non-hydrogen) atoms. The van der Waals surface area contributed by atoms with Gasteiger partial charge in [0.1, 0.15) is 11.9 Å². The van der Waals surface area contributed by atoms with Crippen molar-refractivity contribution in [3.05, 3.63) is 102 Å². The fraction of sp³-hybridized carbons (Fsp3) is 0.160. The largest absolute Gasteiger partial charge is 0.482 e. The van der Waals surface area contributed by atoms with Gasteiger partial charge in [0.15, 0.2) is 11.6 Å². The minimum absolute atomic E-state index is 0.214. The van der Waals surface area contributed by atoms with Gasteiger partial charge in [-0.25, -0.2) is 9.37 Å². The number of hydrogen-bond acceptors (Lipinski definition) is 5. The highest BCUT2D eigenvalue weighted by molar-refractivity contribution is 5.94. The number of aromatic nitrogens is 3. The molecule has 0 saturated heterocycles. The number of rotatable bonds is 8. The predicted octanol–water partition coefficient (Wildman–Crippen LogP) is 4.77. The van der Waals surface area contributed by atoms with Crippen molar-refractivity contribution in [2.75, 3.05) is 5.32 Å². The Morgan fingerprint density at radius 2 is 1.97 bits per heavy atom. The summed E-state index contributed by atoms with van der Waals surface area (Å²) in [5.74, 6) is 0.637. The number of hydrogen-bond donors (Lipinski definition) is 2. The van der Waals surface area contributed by atoms with Crippen molar-refractivity contribution in [1.29, 1.82) is 0 Å². The summed E-state index contributed by atoms with van der Waals surface area (Å²) in [5.41, 5.74) is 2.99. The summed E-state index contributed by atoms with van der Waals surface area (Å²) in [5, 5.41) is 10.2. The normalized spacial score (nSPS) is 11.6. The highest BCUT2D eigenvalue weighted by Crippen LogP contribution is 2.29. The molecule has 0 fully saturated rings. The van der Waals surface area contributed by atoms with Crippen molar-refractivity contribution in [1.82, 2.24) is 20.1 Å². The molecular weight excluding hydrogens is 421 g/mol. The SMILES string of the molecule is CC(Oc1cccnc1Nc1cnn(C)c1)c1cccc(C(=O)NCc2ccc(F)cc2)c1. The maximum atomic E-state index is 13.1. The van der Waals surface area contributed by atoms with Crippen molar-refractivity contribution in [3.8, 4) is 5.75 Å². The van der Waals surface area contributed by atoms with E-state index < -0.39 is 0 Å². The Balaban J connectivity index is 1.43. The van der Waals surface area contributed by atoms with E-state index in [0.717, 1.165) is 16.8 Å². The first-order valence-corrected chi connectivity index (χ1v) is 10.5. The highest BCUT2D eigenvalue weighted by Gasteiger charge is 2.14. The molecule has 1 unspecified atom stereocenters. The van der Waals surface area contributed by atoms with Crippen LogP contribution in [0.3, 0.4) is 0 Å². The number of benzene rings is 2. The van der Waals surface area contributed by atoms with E-state index in [4.69, 9.17) is 4.74 Å². The van der Waals surface area contributed by atoms with E-state index in [-0.39, 0.29) is 17.8 Å². The van der Waals surface area contributed by atoms with Crippen LogP contribution in [-0.2, 0) is 13.6 Å². The molecule has 2 N–H and O–H groups in total. The van der Waals surface area contributed by atoms with Gasteiger partial charge in [0.25, 0.3) is 5.91 Å². The van der Waals surface area contributed by atoms with Crippen molar-refractivity contribution in [2.45, 2.75) is 19.6 Å². The van der Waals surface area contributed by atoms with Crippen LogP contribution in [0.5, 0.6) is 5.75 Å². The van der Waals surface area contributed by atoms with Crippen LogP contribution in [0.2, 0.25) is 0 Å². The summed E-state index contributed by atoms with van der Waals surface area (Å²) in [6, 6.07) is 16.9. The third-order valence-corrected chi connectivity index (χ3v) is 5.03. The summed E-state index contributed by atoms with van der Waals surface area (Å²) in [7, 11) is 1.84. The van der Waals surface area contributed by atoms with Crippen LogP contribution in [0, 0.1) is 5.82 Å². The third kappa shape index (κ3) is 5.74. The van der Waals surface area contributed by atoms with Crippen LogP contribution >= 0.6 is 0 Å². The molecule has 0 radical (unpaired) electrons. The summed E-state index contributed by atoms with van der Waals surface area (Å²) < 4.78 is 20.9. The molecule has 0 spiro atoms. The summed E-state index contributed by atoms with van der Waals surface area (Å²) >= 11 is 0. The monoisotopic (exact) mass is 445 g/mol. The van der Waals surface area contributed by atoms with Crippen molar-refractivity contribution < 1.29 is 13.9 Å². The average molecular weight is 445 g/mol. The lowest BCUT2D eigenvalue weighted by molar-refractivity contribution is 0.0950. The molecule has 7 nitrogen and oxygen atoms in total. The van der Waals surface area contributed by atoms with E-state index in [9.17, 15) is 9.18 Å². The Hall–Kier alpha value is -4.20. The molecule has 2 heterocycles. The van der Waals surface area contributed by atoms with Crippen molar-refractivity contribution >= 4 is 17.4 Å². The second-order valence-electron chi connectivity index (χ2n) is 7.57. The molecule has 1 atom stereocenters. The number of aryl methyl sites for hydroxylation is 1. The van der Waals surface area contributed by atoms with Crippen molar-refractivity contribution in [2.24, 2.45) is 7.05 Å². The van der Waals surface area contributed by atoms with E-state index in [2.05, 4.69) is 20.7 Å². The lowest BCUT2D eigenvalue weighted by Crippen LogP contribution is -2.23. The predicted molar refractivity (Wildman–Crippen MR) is 124 cm³/mol. The summed E-state index contributed by atoms with van der Waals surface area (Å²) in [6.45, 7) is 2.23. The number of pyridine rings is 1. The van der Waals surface area contributed by atoms with Crippen LogP contribution < -0.4 is 15.4 Å². The van der Waals surface area contributed by atoms with Crippen molar-refractivity contribution in [3.63, 3.8) is 0 Å². The minimum atomic E-state index is -0.325. The zero-order valence-electron chi connectivity index (χ0n) is 18.3. The number of halogens is 1. The fourth-order valence-corrected chi connectivity index (χ4v) is 3.28. The number of ether oxygens (including phenoxy) is 1. The number of nitrogens with one attached hydrogen (secondary N) is 2. The molecular formula is C25H24FN5O2. The number of anilines is 2. The van der Waals surface area contributed by atoms with E-state index >= 15 is 0 Å². The Bertz CT molecular complexity index is 1240. The maximum Gasteiger partial charge on any atom is 0.251 e. The second-order valence-corrected chi connectivity index (χ2v) is 7.57. The molecule has 2 aromatic carbocycles. The second kappa shape index (κ2) is 9.95. The van der Waals surface area contributed by atoms with Crippen LogP contribution in [0.1, 0.15) is 34.5 Å². The first-order valence-electron chi connectivity index (χ1n) is 10.5. The van der Waals surface area contributed by atoms with Gasteiger partial charge in [-0.15, -0.1) is 0 Å². The number of nitrogens with zero attached hydrogens (tertiary/aromatic N) is 3. The van der Waals surface area contributed by atoms with E-state index in [1.807, 2.05) is 38.4 Å². The Kier molecular flexibility index (Phi) is 6.64. The molecule has 0 aliphatic rings. The zero-order chi connectivity index (χ0) is 23.2. The topological polar surface area (TPSA) is 81.1 Å². The van der Waals surface area contributed by atoms with Gasteiger partial charge in [0, 0.05) is 31.5 Å². The van der Waals surface area contributed by atoms with Gasteiger partial charge in [-0.1, -0.05) is 24.3 Å². The van der Waals surface area contributed by atoms with Gasteiger partial charge in [0.05, 0.1) is 11.9 Å². The molecule has 4 rings (SSSR count). The quantitative estimate of drug-likeness (QED) is 0.408. The molecule has 0 aliphatic carbocycles. The van der Waals surface area contributed by atoms with E-state index in [0.29, 0.717) is 23.7 Å². The van der Waals surface area contributed by atoms with Crippen LogP contribution in [0.25, 0.3) is 0 Å². The summed E-state index contributed by atoms with van der Waals surface area (Å²) in [6.07, 6.45) is 4.90. The van der Waals surface area contributed by atoms with Gasteiger partial charge in [-0.2, -0.15) is 5.10 Å². The highest BCUT2D eigenvalue weighted by atomic mass is 19.1. The maximum absolute atomic E-state index is 13.1. The Morgan fingerprint density at radius 3 is 2.73 bits per heavy atom. The van der Waals surface area contributed by atoms with Gasteiger partial charge in [-0.3, -0.25) is 9.48 Å². The molecule has 1 amide bonds. The zero-order valence-corrected chi connectivity index (χ0v) is 18.3. The standard InChI is InChI=1S/C25H24FN5O2/c1-17(33-23-7-4-12-27-24(23)30-22-15-29-31(2)16-22)19-5-3-6-20(13-19)25(32)28-14-18-8-10-21(26)11-9-18/h3-13,15-17H,14H2,1-2H3,(H,27,30)(H,28,32). The number of carbonyl (C=O) groups excluding carboxylic acids is 1. The van der Waals surface area contributed by atoms with Crippen LogP contribution in [0.4, 0.5) is 15.9 Å². The molecule has 0 saturated carbocycles. The number of carbonyl (C=O) groups is 1. The Morgan fingerprint density at radius 1 is 1.15 bits per heavy atom. The molecule has 168 valence electrons. The number of amides is 1. The van der Waals surface area contributed by atoms with Gasteiger partial charge in [0.2, 0.25) is 0 Å². The first kappa shape index (κ1) is 22.0. The Labute approximate surface area is 191 Å². The van der Waals surface area contributed by atoms with Gasteiger partial charge < -0.3 is 15.4 Å². The van der Waals surface area contributed by atoms with Gasteiger partial charge in [-0.05, 0) is 54.4 Å². The van der Waals surface area contributed by atoms with Crippen LogP contribution in [-0.4, -0.2) is 20.7 Å². The minimum Gasteiger partial charge on any atom is -0.482 e. The molecule has 2 aromatic heterocycles. The smallest absolute Gasteiger partial charge is 0.251 e. The molecule has 4 aromatic rings. The average Bonchev–Trinajstić information content (AvgIpc) is 3.24. The fourth-order valence-electron chi connectivity index (χ4n) is 3.28. The van der Waals surface area contributed by atoms with E-state index in [1.165, 1.54) is 12.1 Å². The first-order chi connectivity index (χ1) is 16.0. The molecule has 0 bridgehead atoms. The molecule has 0 aliphatic heterocycles. The van der Waals surface area contributed by atoms with E-state index in [1.54, 1.807) is 47.4 Å². The lowest BCUT2D eigenvalue weighted by Gasteiger charge is -2.18. The van der Waals surface area contributed by atoms with Crippen LogP contribution in [0.15, 0.2) is 79.3 Å². The lowest BCUT2D eigenvalue weighted by atomic mass is 10.1. The van der Waals surface area contributed by atoms with Gasteiger partial charge >= 0.3 is 0 Å². The molecule has 8 heteroatoms. The summed E-state index contributed by atoms with van der Waals surface area (Å²) in [4.78, 5) is 17.0.